The number of pyridine rings is 2. The summed E-state index contributed by atoms with van der Waals surface area (Å²) < 4.78 is 28.5. The summed E-state index contributed by atoms with van der Waals surface area (Å²) in [7, 11) is -3.66. The number of piperidine rings is 1. The number of aromatic nitrogens is 2. The summed E-state index contributed by atoms with van der Waals surface area (Å²) in [5.74, 6) is 0.739. The Hall–Kier alpha value is -2.84. The summed E-state index contributed by atoms with van der Waals surface area (Å²) in [6, 6.07) is 12.4. The smallest absolute Gasteiger partial charge is 0.252 e. The molecule has 7 nitrogen and oxygen atoms in total. The molecule has 2 aromatic heterocycles. The minimum atomic E-state index is -3.66. The van der Waals surface area contributed by atoms with Crippen LogP contribution in [0, 0.1) is 11.8 Å². The molecule has 1 N–H and O–H groups in total. The highest BCUT2D eigenvalue weighted by Crippen LogP contribution is 2.30. The first-order valence-electron chi connectivity index (χ1n) is 13.0. The molecule has 1 amide bonds. The van der Waals surface area contributed by atoms with Crippen LogP contribution < -0.4 is 5.32 Å². The van der Waals surface area contributed by atoms with E-state index in [0.717, 1.165) is 32.1 Å². The number of hydrogen-bond acceptors (Lipinski definition) is 5. The Kier molecular flexibility index (Phi) is 7.08. The number of hydrogen-bond donors (Lipinski definition) is 1. The minimum absolute atomic E-state index is 0.107. The van der Waals surface area contributed by atoms with Crippen LogP contribution in [0.25, 0.3) is 22.3 Å². The Morgan fingerprint density at radius 3 is 2.47 bits per heavy atom. The van der Waals surface area contributed by atoms with Crippen molar-refractivity contribution in [3.8, 4) is 11.4 Å². The van der Waals surface area contributed by atoms with Crippen molar-refractivity contribution in [1.82, 2.24) is 19.6 Å². The van der Waals surface area contributed by atoms with Gasteiger partial charge in [0.25, 0.3) is 5.91 Å². The average molecular weight is 507 g/mol. The van der Waals surface area contributed by atoms with Gasteiger partial charge in [-0.05, 0) is 73.9 Å². The first-order chi connectivity index (χ1) is 17.3. The normalized spacial score (nSPS) is 21.9. The van der Waals surface area contributed by atoms with Crippen molar-refractivity contribution in [3.63, 3.8) is 0 Å². The van der Waals surface area contributed by atoms with Gasteiger partial charge in [0.15, 0.2) is 0 Å². The number of benzene rings is 1. The lowest BCUT2D eigenvalue weighted by molar-refractivity contribution is 0.0912. The van der Waals surface area contributed by atoms with E-state index in [1.54, 1.807) is 34.8 Å². The Morgan fingerprint density at radius 1 is 0.972 bits per heavy atom. The lowest BCUT2D eigenvalue weighted by Crippen LogP contribution is -2.41. The van der Waals surface area contributed by atoms with E-state index >= 15 is 0 Å². The van der Waals surface area contributed by atoms with Gasteiger partial charge in [-0.3, -0.25) is 9.78 Å². The molecule has 1 saturated carbocycles. The van der Waals surface area contributed by atoms with Crippen LogP contribution in [0.3, 0.4) is 0 Å². The summed E-state index contributed by atoms with van der Waals surface area (Å²) in [6.45, 7) is 5.37. The second-order valence-electron chi connectivity index (χ2n) is 10.4. The maximum Gasteiger partial charge on any atom is 0.252 e. The summed E-state index contributed by atoms with van der Waals surface area (Å²) >= 11 is 0. The topological polar surface area (TPSA) is 92.3 Å². The second-order valence-corrected chi connectivity index (χ2v) is 12.3. The van der Waals surface area contributed by atoms with E-state index in [9.17, 15) is 13.2 Å². The molecule has 0 bridgehead atoms. The number of carbonyl (C=O) groups excluding carboxylic acids is 1. The van der Waals surface area contributed by atoms with Gasteiger partial charge in [-0.1, -0.05) is 32.8 Å². The number of nitrogens with zero attached hydrogens (tertiary/aromatic N) is 3. The van der Waals surface area contributed by atoms with Gasteiger partial charge >= 0.3 is 0 Å². The molecule has 36 heavy (non-hydrogen) atoms. The van der Waals surface area contributed by atoms with Crippen LogP contribution in [0.2, 0.25) is 0 Å². The first-order valence-corrected chi connectivity index (χ1v) is 14.4. The van der Waals surface area contributed by atoms with Crippen molar-refractivity contribution in [2.75, 3.05) is 13.1 Å². The Bertz CT molecular complexity index is 1350. The van der Waals surface area contributed by atoms with Crippen molar-refractivity contribution >= 4 is 26.8 Å². The zero-order valence-electron chi connectivity index (χ0n) is 21.0. The third-order valence-corrected chi connectivity index (χ3v) is 9.66. The summed E-state index contributed by atoms with van der Waals surface area (Å²) in [5.41, 5.74) is 2.26. The molecule has 3 aromatic rings. The highest BCUT2D eigenvalue weighted by atomic mass is 32.2. The van der Waals surface area contributed by atoms with E-state index in [1.807, 2.05) is 18.2 Å². The number of sulfonamides is 1. The number of nitrogens with one attached hydrogen (secondary N) is 1. The lowest BCUT2D eigenvalue weighted by Gasteiger charge is -2.30. The molecule has 8 heteroatoms. The SMILES string of the molecule is CC1CCN(S(=O)(=O)c2ccc3nc(-c4ccccn4)cc(C(=O)N[C@@H]4CCCC[C@@H]4C)c3c2)CC1. The van der Waals surface area contributed by atoms with Crippen molar-refractivity contribution in [2.24, 2.45) is 11.8 Å². The van der Waals surface area contributed by atoms with E-state index in [-0.39, 0.29) is 16.8 Å². The molecule has 2 fully saturated rings. The number of fused-ring (bicyclic) bond motifs is 1. The van der Waals surface area contributed by atoms with Gasteiger partial charge in [-0.15, -0.1) is 0 Å². The Balaban J connectivity index is 1.57. The molecule has 0 spiro atoms. The molecule has 0 unspecified atom stereocenters. The molecule has 1 saturated heterocycles. The van der Waals surface area contributed by atoms with Crippen molar-refractivity contribution in [2.45, 2.75) is 63.3 Å². The van der Waals surface area contributed by atoms with Crippen LogP contribution in [-0.4, -0.2) is 47.7 Å². The van der Waals surface area contributed by atoms with Crippen LogP contribution >= 0.6 is 0 Å². The standard InChI is InChI=1S/C28H34N4O3S/c1-19-12-15-32(16-13-19)36(34,35)21-10-11-25-22(17-21)23(18-27(30-25)26-9-5-6-14-29-26)28(33)31-24-8-4-3-7-20(24)2/h5-6,9-11,14,17-20,24H,3-4,7-8,12-13,15-16H2,1-2H3,(H,31,33)/t20-,24+/m0/s1. The number of rotatable bonds is 5. The molecule has 2 aliphatic rings. The molecule has 1 aliphatic heterocycles. The van der Waals surface area contributed by atoms with Crippen LogP contribution in [0.1, 0.15) is 62.7 Å². The van der Waals surface area contributed by atoms with E-state index in [1.165, 1.54) is 6.42 Å². The second kappa shape index (κ2) is 10.3. The van der Waals surface area contributed by atoms with Gasteiger partial charge in [-0.2, -0.15) is 4.31 Å². The van der Waals surface area contributed by atoms with E-state index in [0.29, 0.717) is 52.8 Å². The van der Waals surface area contributed by atoms with Crippen LogP contribution in [-0.2, 0) is 10.0 Å². The van der Waals surface area contributed by atoms with Crippen LogP contribution in [0.4, 0.5) is 0 Å². The Morgan fingerprint density at radius 2 is 1.75 bits per heavy atom. The van der Waals surface area contributed by atoms with Gasteiger partial charge in [0.05, 0.1) is 27.4 Å². The highest BCUT2D eigenvalue weighted by Gasteiger charge is 2.29. The number of carbonyl (C=O) groups is 1. The fourth-order valence-corrected chi connectivity index (χ4v) is 6.85. The quantitative estimate of drug-likeness (QED) is 0.524. The fraction of sp³-hybridized carbons (Fsp3) is 0.464. The maximum atomic E-state index is 13.6. The van der Waals surface area contributed by atoms with Gasteiger partial charge in [0, 0.05) is 30.7 Å². The van der Waals surface area contributed by atoms with Gasteiger partial charge in [-0.25, -0.2) is 13.4 Å². The minimum Gasteiger partial charge on any atom is -0.349 e. The molecule has 3 heterocycles. The van der Waals surface area contributed by atoms with Gasteiger partial charge < -0.3 is 5.32 Å². The third-order valence-electron chi connectivity index (χ3n) is 7.76. The maximum absolute atomic E-state index is 13.6. The number of amides is 1. The average Bonchev–Trinajstić information content (AvgIpc) is 2.89. The van der Waals surface area contributed by atoms with Crippen LogP contribution in [0.5, 0.6) is 0 Å². The van der Waals surface area contributed by atoms with Gasteiger partial charge in [0.1, 0.15) is 0 Å². The molecule has 0 radical (unpaired) electrons. The van der Waals surface area contributed by atoms with Gasteiger partial charge in [0.2, 0.25) is 10.0 Å². The molecule has 190 valence electrons. The van der Waals surface area contributed by atoms with Crippen molar-refractivity contribution in [3.05, 3.63) is 54.2 Å². The third kappa shape index (κ3) is 5.02. The van der Waals surface area contributed by atoms with E-state index in [4.69, 9.17) is 4.98 Å². The predicted octanol–water partition coefficient (Wildman–Crippen LogP) is 5.03. The fourth-order valence-electron chi connectivity index (χ4n) is 5.35. The summed E-state index contributed by atoms with van der Waals surface area (Å²) in [4.78, 5) is 23.0. The van der Waals surface area contributed by atoms with Crippen molar-refractivity contribution in [1.29, 1.82) is 0 Å². The molecule has 1 aliphatic carbocycles. The molecule has 2 atom stereocenters. The molecule has 1 aromatic carbocycles. The Labute approximate surface area is 213 Å². The zero-order chi connectivity index (χ0) is 25.3. The molecular formula is C28H34N4O3S. The summed E-state index contributed by atoms with van der Waals surface area (Å²) in [5, 5.41) is 3.78. The predicted molar refractivity (Wildman–Crippen MR) is 141 cm³/mol. The first kappa shape index (κ1) is 24.8. The zero-order valence-corrected chi connectivity index (χ0v) is 21.8. The lowest BCUT2D eigenvalue weighted by atomic mass is 9.86. The molecular weight excluding hydrogens is 472 g/mol. The highest BCUT2D eigenvalue weighted by molar-refractivity contribution is 7.89. The monoisotopic (exact) mass is 506 g/mol. The van der Waals surface area contributed by atoms with Crippen molar-refractivity contribution < 1.29 is 13.2 Å². The molecule has 5 rings (SSSR count). The summed E-state index contributed by atoms with van der Waals surface area (Å²) in [6.07, 6.45) is 7.74. The largest absolute Gasteiger partial charge is 0.349 e. The van der Waals surface area contributed by atoms with E-state index in [2.05, 4.69) is 24.1 Å². The van der Waals surface area contributed by atoms with E-state index < -0.39 is 10.0 Å². The van der Waals surface area contributed by atoms with Crippen LogP contribution in [0.15, 0.2) is 53.6 Å².